The third-order valence-corrected chi connectivity index (χ3v) is 2.07. The molecule has 0 radical (unpaired) electrons. The minimum Gasteiger partial charge on any atom is -0.376 e. The standard InChI is InChI=1S/C9H18N2O2/c1-2-11-9(12)4-3-8-7-10-5-6-13-8/h8,10H,2-7H2,1H3,(H,11,12). The maximum atomic E-state index is 11.1. The van der Waals surface area contributed by atoms with Crippen LogP contribution < -0.4 is 10.6 Å². The largest absolute Gasteiger partial charge is 0.376 e. The van der Waals surface area contributed by atoms with Crippen LogP contribution in [-0.4, -0.2) is 38.3 Å². The molecule has 1 aliphatic heterocycles. The number of rotatable bonds is 4. The second-order valence-corrected chi connectivity index (χ2v) is 3.19. The summed E-state index contributed by atoms with van der Waals surface area (Å²) in [6.45, 7) is 5.20. The molecule has 76 valence electrons. The molecule has 1 amide bonds. The number of carbonyl (C=O) groups is 1. The summed E-state index contributed by atoms with van der Waals surface area (Å²) in [4.78, 5) is 11.1. The minimum atomic E-state index is 0.122. The average Bonchev–Trinajstić information content (AvgIpc) is 2.17. The number of morpholine rings is 1. The fourth-order valence-corrected chi connectivity index (χ4v) is 1.38. The van der Waals surface area contributed by atoms with Gasteiger partial charge in [0.1, 0.15) is 0 Å². The Morgan fingerprint density at radius 1 is 1.69 bits per heavy atom. The zero-order chi connectivity index (χ0) is 9.52. The highest BCUT2D eigenvalue weighted by Crippen LogP contribution is 2.04. The Morgan fingerprint density at radius 2 is 2.54 bits per heavy atom. The molecule has 0 aromatic carbocycles. The van der Waals surface area contributed by atoms with E-state index in [1.165, 1.54) is 0 Å². The Bertz CT molecular complexity index is 156. The van der Waals surface area contributed by atoms with E-state index >= 15 is 0 Å². The Hall–Kier alpha value is -0.610. The zero-order valence-corrected chi connectivity index (χ0v) is 8.14. The van der Waals surface area contributed by atoms with Gasteiger partial charge in [-0.1, -0.05) is 0 Å². The van der Waals surface area contributed by atoms with E-state index in [0.29, 0.717) is 13.0 Å². The molecule has 2 N–H and O–H groups in total. The molecule has 0 saturated carbocycles. The van der Waals surface area contributed by atoms with Crippen LogP contribution in [0.4, 0.5) is 0 Å². The van der Waals surface area contributed by atoms with Crippen molar-refractivity contribution in [1.82, 2.24) is 10.6 Å². The predicted molar refractivity (Wildman–Crippen MR) is 50.5 cm³/mol. The van der Waals surface area contributed by atoms with Crippen molar-refractivity contribution in [2.75, 3.05) is 26.2 Å². The third-order valence-electron chi connectivity index (χ3n) is 2.07. The van der Waals surface area contributed by atoms with Crippen molar-refractivity contribution in [3.63, 3.8) is 0 Å². The van der Waals surface area contributed by atoms with Crippen molar-refractivity contribution in [3.8, 4) is 0 Å². The lowest BCUT2D eigenvalue weighted by molar-refractivity contribution is -0.121. The first-order valence-electron chi connectivity index (χ1n) is 4.92. The molecular formula is C9H18N2O2. The van der Waals surface area contributed by atoms with Crippen molar-refractivity contribution in [2.24, 2.45) is 0 Å². The molecular weight excluding hydrogens is 168 g/mol. The van der Waals surface area contributed by atoms with Gasteiger partial charge in [0.05, 0.1) is 12.7 Å². The van der Waals surface area contributed by atoms with Gasteiger partial charge in [-0.3, -0.25) is 4.79 Å². The molecule has 13 heavy (non-hydrogen) atoms. The van der Waals surface area contributed by atoms with E-state index in [1.807, 2.05) is 6.92 Å². The molecule has 0 aromatic rings. The Kier molecular flexibility index (Phi) is 4.78. The summed E-state index contributed by atoms with van der Waals surface area (Å²) in [6.07, 6.45) is 1.61. The van der Waals surface area contributed by atoms with Crippen molar-refractivity contribution < 1.29 is 9.53 Å². The van der Waals surface area contributed by atoms with Crippen LogP contribution in [0.25, 0.3) is 0 Å². The van der Waals surface area contributed by atoms with Crippen molar-refractivity contribution in [3.05, 3.63) is 0 Å². The first-order chi connectivity index (χ1) is 6.33. The Morgan fingerprint density at radius 3 is 3.15 bits per heavy atom. The van der Waals surface area contributed by atoms with E-state index in [1.54, 1.807) is 0 Å². The topological polar surface area (TPSA) is 50.4 Å². The van der Waals surface area contributed by atoms with Gasteiger partial charge in [-0.2, -0.15) is 0 Å². The Labute approximate surface area is 79.0 Å². The molecule has 1 aliphatic rings. The molecule has 0 aliphatic carbocycles. The number of hydrogen-bond acceptors (Lipinski definition) is 3. The van der Waals surface area contributed by atoms with E-state index in [4.69, 9.17) is 4.74 Å². The van der Waals surface area contributed by atoms with E-state index in [2.05, 4.69) is 10.6 Å². The van der Waals surface area contributed by atoms with Crippen LogP contribution in [0.1, 0.15) is 19.8 Å². The highest BCUT2D eigenvalue weighted by atomic mass is 16.5. The highest BCUT2D eigenvalue weighted by Gasteiger charge is 2.14. The Balaban J connectivity index is 2.06. The van der Waals surface area contributed by atoms with Crippen molar-refractivity contribution >= 4 is 5.91 Å². The molecule has 1 rings (SSSR count). The SMILES string of the molecule is CCNC(=O)CCC1CNCCO1. The first kappa shape index (κ1) is 10.5. The van der Waals surface area contributed by atoms with Crippen LogP contribution >= 0.6 is 0 Å². The summed E-state index contributed by atoms with van der Waals surface area (Å²) in [5.74, 6) is 0.122. The van der Waals surface area contributed by atoms with Gasteiger partial charge < -0.3 is 15.4 Å². The van der Waals surface area contributed by atoms with E-state index in [0.717, 1.165) is 26.1 Å². The molecule has 1 saturated heterocycles. The second kappa shape index (κ2) is 5.94. The normalized spacial score (nSPS) is 22.7. The predicted octanol–water partition coefficient (Wildman–Crippen LogP) is -0.109. The summed E-state index contributed by atoms with van der Waals surface area (Å²) in [5.41, 5.74) is 0. The van der Waals surface area contributed by atoms with E-state index in [9.17, 15) is 4.79 Å². The van der Waals surface area contributed by atoms with Gasteiger partial charge >= 0.3 is 0 Å². The summed E-state index contributed by atoms with van der Waals surface area (Å²) in [6, 6.07) is 0. The smallest absolute Gasteiger partial charge is 0.220 e. The molecule has 1 unspecified atom stereocenters. The van der Waals surface area contributed by atoms with Gasteiger partial charge in [0.15, 0.2) is 0 Å². The van der Waals surface area contributed by atoms with Crippen LogP contribution in [0, 0.1) is 0 Å². The number of nitrogens with one attached hydrogen (secondary N) is 2. The van der Waals surface area contributed by atoms with Crippen molar-refractivity contribution in [2.45, 2.75) is 25.9 Å². The highest BCUT2D eigenvalue weighted by molar-refractivity contribution is 5.75. The van der Waals surface area contributed by atoms with Crippen LogP contribution in [0.15, 0.2) is 0 Å². The quantitative estimate of drug-likeness (QED) is 0.644. The van der Waals surface area contributed by atoms with Crippen LogP contribution in [-0.2, 0) is 9.53 Å². The number of carbonyl (C=O) groups excluding carboxylic acids is 1. The fraction of sp³-hybridized carbons (Fsp3) is 0.889. The zero-order valence-electron chi connectivity index (χ0n) is 8.14. The van der Waals surface area contributed by atoms with Gasteiger partial charge in [0.25, 0.3) is 0 Å². The third kappa shape index (κ3) is 4.24. The molecule has 0 aromatic heterocycles. The average molecular weight is 186 g/mol. The maximum Gasteiger partial charge on any atom is 0.220 e. The maximum absolute atomic E-state index is 11.1. The van der Waals surface area contributed by atoms with E-state index < -0.39 is 0 Å². The monoisotopic (exact) mass is 186 g/mol. The van der Waals surface area contributed by atoms with E-state index in [-0.39, 0.29) is 12.0 Å². The summed E-state index contributed by atoms with van der Waals surface area (Å²) in [5, 5.41) is 6.00. The lowest BCUT2D eigenvalue weighted by Gasteiger charge is -2.23. The van der Waals surface area contributed by atoms with Crippen molar-refractivity contribution in [1.29, 1.82) is 0 Å². The summed E-state index contributed by atoms with van der Waals surface area (Å²) < 4.78 is 5.46. The summed E-state index contributed by atoms with van der Waals surface area (Å²) in [7, 11) is 0. The van der Waals surface area contributed by atoms with Gasteiger partial charge in [0, 0.05) is 26.1 Å². The van der Waals surface area contributed by atoms with Gasteiger partial charge in [-0.25, -0.2) is 0 Å². The number of ether oxygens (including phenoxy) is 1. The lowest BCUT2D eigenvalue weighted by Crippen LogP contribution is -2.39. The molecule has 0 spiro atoms. The lowest BCUT2D eigenvalue weighted by atomic mass is 10.1. The number of hydrogen-bond donors (Lipinski definition) is 2. The number of amides is 1. The second-order valence-electron chi connectivity index (χ2n) is 3.19. The molecule has 1 fully saturated rings. The van der Waals surface area contributed by atoms with Gasteiger partial charge in [0.2, 0.25) is 5.91 Å². The van der Waals surface area contributed by atoms with Crippen LogP contribution in [0.3, 0.4) is 0 Å². The fourth-order valence-electron chi connectivity index (χ4n) is 1.38. The first-order valence-corrected chi connectivity index (χ1v) is 4.92. The minimum absolute atomic E-state index is 0.122. The molecule has 4 heteroatoms. The molecule has 4 nitrogen and oxygen atoms in total. The van der Waals surface area contributed by atoms with Crippen LogP contribution in [0.2, 0.25) is 0 Å². The van der Waals surface area contributed by atoms with Crippen LogP contribution in [0.5, 0.6) is 0 Å². The summed E-state index contributed by atoms with van der Waals surface area (Å²) >= 11 is 0. The molecule has 1 atom stereocenters. The molecule has 0 bridgehead atoms. The van der Waals surface area contributed by atoms with Gasteiger partial charge in [-0.15, -0.1) is 0 Å². The molecule has 1 heterocycles. The van der Waals surface area contributed by atoms with Gasteiger partial charge in [-0.05, 0) is 13.3 Å².